The molecule has 28 heavy (non-hydrogen) atoms. The molecular formula is C20H26N4O3S. The highest BCUT2D eigenvalue weighted by molar-refractivity contribution is 7.18. The van der Waals surface area contributed by atoms with E-state index in [4.69, 9.17) is 0 Å². The first-order valence-electron chi connectivity index (χ1n) is 9.92. The molecule has 0 aromatic carbocycles. The van der Waals surface area contributed by atoms with Crippen LogP contribution in [0, 0.1) is 12.8 Å². The van der Waals surface area contributed by atoms with Crippen molar-refractivity contribution in [2.75, 3.05) is 26.7 Å². The Kier molecular flexibility index (Phi) is 4.99. The lowest BCUT2D eigenvalue weighted by molar-refractivity contribution is -0.137. The van der Waals surface area contributed by atoms with Gasteiger partial charge in [0.05, 0.1) is 23.7 Å². The molecular weight excluding hydrogens is 376 g/mol. The van der Waals surface area contributed by atoms with E-state index in [0.717, 1.165) is 39.9 Å². The number of rotatable bonds is 3. The summed E-state index contributed by atoms with van der Waals surface area (Å²) < 4.78 is 1.72. The first-order valence-corrected chi connectivity index (χ1v) is 10.7. The van der Waals surface area contributed by atoms with Gasteiger partial charge >= 0.3 is 0 Å². The molecule has 0 saturated carbocycles. The molecule has 4 heterocycles. The molecule has 0 bridgehead atoms. The SMILES string of the molecule is CCc1c(C)sc2ncn([C@H]3CCCN(C(=O)[C@@H]4CC(=O)N(C)C4)C3)c(=O)c12. The molecule has 0 radical (unpaired) electrons. The van der Waals surface area contributed by atoms with Gasteiger partial charge in [0.2, 0.25) is 11.8 Å². The van der Waals surface area contributed by atoms with Crippen molar-refractivity contribution in [2.45, 2.75) is 45.6 Å². The molecule has 150 valence electrons. The van der Waals surface area contributed by atoms with Crippen molar-refractivity contribution < 1.29 is 9.59 Å². The van der Waals surface area contributed by atoms with Gasteiger partial charge < -0.3 is 9.80 Å². The maximum absolute atomic E-state index is 13.2. The Morgan fingerprint density at radius 3 is 2.79 bits per heavy atom. The number of hydrogen-bond acceptors (Lipinski definition) is 5. The summed E-state index contributed by atoms with van der Waals surface area (Å²) >= 11 is 1.57. The van der Waals surface area contributed by atoms with E-state index in [9.17, 15) is 14.4 Å². The van der Waals surface area contributed by atoms with Crippen molar-refractivity contribution in [3.8, 4) is 0 Å². The highest BCUT2D eigenvalue weighted by Gasteiger charge is 2.36. The molecule has 0 aliphatic carbocycles. The Hall–Kier alpha value is -2.22. The molecule has 0 N–H and O–H groups in total. The van der Waals surface area contributed by atoms with Crippen LogP contribution in [-0.2, 0) is 16.0 Å². The van der Waals surface area contributed by atoms with E-state index < -0.39 is 0 Å². The molecule has 0 unspecified atom stereocenters. The Bertz CT molecular complexity index is 995. The topological polar surface area (TPSA) is 75.5 Å². The monoisotopic (exact) mass is 402 g/mol. The summed E-state index contributed by atoms with van der Waals surface area (Å²) in [5.74, 6) is -0.206. The fraction of sp³-hybridized carbons (Fsp3) is 0.600. The number of piperidine rings is 1. The van der Waals surface area contributed by atoms with Crippen LogP contribution in [-0.4, -0.2) is 57.8 Å². The minimum Gasteiger partial charge on any atom is -0.345 e. The lowest BCUT2D eigenvalue weighted by Crippen LogP contribution is -2.45. The van der Waals surface area contributed by atoms with Gasteiger partial charge in [0, 0.05) is 38.0 Å². The van der Waals surface area contributed by atoms with E-state index in [1.165, 1.54) is 0 Å². The zero-order chi connectivity index (χ0) is 20.0. The van der Waals surface area contributed by atoms with E-state index in [1.807, 2.05) is 11.8 Å². The summed E-state index contributed by atoms with van der Waals surface area (Å²) in [4.78, 5) is 47.9. The van der Waals surface area contributed by atoms with E-state index in [-0.39, 0.29) is 35.8 Å². The van der Waals surface area contributed by atoms with Gasteiger partial charge in [-0.25, -0.2) is 4.98 Å². The smallest absolute Gasteiger partial charge is 0.262 e. The highest BCUT2D eigenvalue weighted by Crippen LogP contribution is 2.29. The molecule has 2 aromatic rings. The zero-order valence-electron chi connectivity index (χ0n) is 16.6. The predicted molar refractivity (Wildman–Crippen MR) is 109 cm³/mol. The van der Waals surface area contributed by atoms with Gasteiger partial charge in [0.15, 0.2) is 0 Å². The fourth-order valence-corrected chi connectivity index (χ4v) is 5.60. The van der Waals surface area contributed by atoms with Crippen LogP contribution in [0.5, 0.6) is 0 Å². The van der Waals surface area contributed by atoms with Gasteiger partial charge in [-0.2, -0.15) is 0 Å². The third-order valence-electron chi connectivity index (χ3n) is 6.08. The van der Waals surface area contributed by atoms with E-state index in [1.54, 1.807) is 34.2 Å². The normalized spacial score (nSPS) is 23.0. The van der Waals surface area contributed by atoms with Crippen molar-refractivity contribution in [3.05, 3.63) is 27.1 Å². The Morgan fingerprint density at radius 1 is 1.32 bits per heavy atom. The molecule has 2 aliphatic rings. The second-order valence-corrected chi connectivity index (χ2v) is 9.09. The average molecular weight is 403 g/mol. The van der Waals surface area contributed by atoms with Crippen molar-refractivity contribution in [2.24, 2.45) is 5.92 Å². The number of fused-ring (bicyclic) bond motifs is 1. The standard InChI is InChI=1S/C20H26N4O3S/c1-4-15-12(2)28-18-17(15)20(27)24(11-21-18)14-6-5-7-23(10-14)19(26)13-8-16(25)22(3)9-13/h11,13-14H,4-10H2,1-3H3/t13-,14+/m1/s1. The van der Waals surface area contributed by atoms with Gasteiger partial charge in [-0.3, -0.25) is 19.0 Å². The Labute approximate surface area is 168 Å². The number of amides is 2. The van der Waals surface area contributed by atoms with Crippen molar-refractivity contribution in [1.29, 1.82) is 0 Å². The molecule has 2 atom stereocenters. The van der Waals surface area contributed by atoms with Crippen molar-refractivity contribution >= 4 is 33.4 Å². The van der Waals surface area contributed by atoms with Gasteiger partial charge in [0.1, 0.15) is 4.83 Å². The van der Waals surface area contributed by atoms with E-state index in [2.05, 4.69) is 11.9 Å². The lowest BCUT2D eigenvalue weighted by atomic mass is 10.0. The lowest BCUT2D eigenvalue weighted by Gasteiger charge is -2.34. The largest absolute Gasteiger partial charge is 0.345 e. The maximum atomic E-state index is 13.2. The first kappa shape index (κ1) is 19.1. The fourth-order valence-electron chi connectivity index (χ4n) is 4.53. The van der Waals surface area contributed by atoms with Crippen molar-refractivity contribution in [1.82, 2.24) is 19.4 Å². The second-order valence-electron chi connectivity index (χ2n) is 7.88. The maximum Gasteiger partial charge on any atom is 0.262 e. The molecule has 2 fully saturated rings. The predicted octanol–water partition coefficient (Wildman–Crippen LogP) is 1.97. The van der Waals surface area contributed by atoms with Crippen LogP contribution in [0.4, 0.5) is 0 Å². The summed E-state index contributed by atoms with van der Waals surface area (Å²) in [5.41, 5.74) is 1.09. The minimum absolute atomic E-state index is 0.00118. The van der Waals surface area contributed by atoms with Gasteiger partial charge in [-0.1, -0.05) is 6.92 Å². The van der Waals surface area contributed by atoms with E-state index in [0.29, 0.717) is 19.6 Å². The number of carbonyl (C=O) groups excluding carboxylic acids is 2. The second kappa shape index (κ2) is 7.31. The molecule has 2 aliphatic heterocycles. The number of carbonyl (C=O) groups is 2. The average Bonchev–Trinajstić information content (AvgIpc) is 3.20. The number of thiophene rings is 1. The van der Waals surface area contributed by atoms with Gasteiger partial charge in [-0.05, 0) is 31.7 Å². The quantitative estimate of drug-likeness (QED) is 0.787. The third-order valence-corrected chi connectivity index (χ3v) is 7.14. The molecule has 2 aromatic heterocycles. The van der Waals surface area contributed by atoms with Gasteiger partial charge in [-0.15, -0.1) is 11.3 Å². The molecule has 2 saturated heterocycles. The summed E-state index contributed by atoms with van der Waals surface area (Å²) in [7, 11) is 1.74. The molecule has 0 spiro atoms. The minimum atomic E-state index is -0.264. The van der Waals surface area contributed by atoms with E-state index >= 15 is 0 Å². The van der Waals surface area contributed by atoms with Crippen LogP contribution in [0.15, 0.2) is 11.1 Å². The van der Waals surface area contributed by atoms with Crippen LogP contribution in [0.3, 0.4) is 0 Å². The number of aryl methyl sites for hydroxylation is 2. The Morgan fingerprint density at radius 2 is 2.11 bits per heavy atom. The van der Waals surface area contributed by atoms with Crippen LogP contribution in [0.1, 0.15) is 42.7 Å². The molecule has 2 amide bonds. The molecule has 4 rings (SSSR count). The summed E-state index contributed by atoms with van der Waals surface area (Å²) in [6.45, 7) is 5.78. The van der Waals surface area contributed by atoms with Crippen molar-refractivity contribution in [3.63, 3.8) is 0 Å². The van der Waals surface area contributed by atoms with Crippen LogP contribution < -0.4 is 5.56 Å². The summed E-state index contributed by atoms with van der Waals surface area (Å²) in [6, 6.07) is -0.0677. The van der Waals surface area contributed by atoms with Crippen LogP contribution >= 0.6 is 11.3 Å². The molecule has 7 nitrogen and oxygen atoms in total. The van der Waals surface area contributed by atoms with Crippen LogP contribution in [0.2, 0.25) is 0 Å². The summed E-state index contributed by atoms with van der Waals surface area (Å²) in [6.07, 6.45) is 4.44. The first-order chi connectivity index (χ1) is 13.4. The van der Waals surface area contributed by atoms with Crippen LogP contribution in [0.25, 0.3) is 10.2 Å². The Balaban J connectivity index is 1.60. The summed E-state index contributed by atoms with van der Waals surface area (Å²) in [5, 5.41) is 0.735. The zero-order valence-corrected chi connectivity index (χ0v) is 17.4. The number of aromatic nitrogens is 2. The number of hydrogen-bond donors (Lipinski definition) is 0. The third kappa shape index (κ3) is 3.13. The molecule has 8 heteroatoms. The highest BCUT2D eigenvalue weighted by atomic mass is 32.1. The number of nitrogens with zero attached hydrogens (tertiary/aromatic N) is 4. The van der Waals surface area contributed by atoms with Gasteiger partial charge in [0.25, 0.3) is 5.56 Å². The number of likely N-dealkylation sites (tertiary alicyclic amines) is 2.